The number of aromatic nitrogens is 1. The molecule has 1 saturated heterocycles. The largest absolute Gasteiger partial charge is 0.353 e. The van der Waals surface area contributed by atoms with Crippen molar-refractivity contribution in [2.75, 3.05) is 42.9 Å². The van der Waals surface area contributed by atoms with Crippen LogP contribution < -0.4 is 10.2 Å². The number of hydrogen-bond acceptors (Lipinski definition) is 4. The number of amides is 3. The minimum absolute atomic E-state index is 0.0150. The first-order valence-corrected chi connectivity index (χ1v) is 11.4. The molecule has 3 amide bonds. The highest BCUT2D eigenvalue weighted by Crippen LogP contribution is 2.20. The predicted octanol–water partition coefficient (Wildman–Crippen LogP) is 3.63. The molecule has 2 aromatic carbocycles. The highest BCUT2D eigenvalue weighted by atomic mass is 16.2. The van der Waals surface area contributed by atoms with Gasteiger partial charge in [-0.15, -0.1) is 0 Å². The average Bonchev–Trinajstić information content (AvgIpc) is 2.89. The van der Waals surface area contributed by atoms with Crippen molar-refractivity contribution in [2.45, 2.75) is 13.0 Å². The van der Waals surface area contributed by atoms with E-state index in [1.807, 2.05) is 40.1 Å². The fraction of sp³-hybridized carbons (Fsp3) is 0.269. The van der Waals surface area contributed by atoms with E-state index in [2.05, 4.69) is 27.3 Å². The summed E-state index contributed by atoms with van der Waals surface area (Å²) in [4.78, 5) is 35.9. The van der Waals surface area contributed by atoms with Gasteiger partial charge in [-0.25, -0.2) is 9.78 Å². The Labute approximate surface area is 193 Å². The molecule has 33 heavy (non-hydrogen) atoms. The summed E-state index contributed by atoms with van der Waals surface area (Å²) in [5.41, 5.74) is 3.83. The van der Waals surface area contributed by atoms with Gasteiger partial charge in [-0.3, -0.25) is 4.79 Å². The van der Waals surface area contributed by atoms with Crippen LogP contribution in [0.4, 0.5) is 16.3 Å². The van der Waals surface area contributed by atoms with Crippen molar-refractivity contribution in [2.24, 2.45) is 0 Å². The molecule has 0 atom stereocenters. The van der Waals surface area contributed by atoms with Crippen molar-refractivity contribution in [1.82, 2.24) is 14.8 Å². The first kappa shape index (κ1) is 21.0. The standard InChI is InChI=1S/C26H27N5O2/c32-25(30-17-15-29(16-18-30)24-7-3-4-13-27-24)21-8-10-23(11-9-21)28-26(33)31-14-12-20-5-1-2-6-22(20)19-31/h1-11,13H,12,14-19H2,(H,28,33). The molecule has 7 heteroatoms. The molecule has 7 nitrogen and oxygen atoms in total. The molecule has 0 aliphatic carbocycles. The molecule has 0 radical (unpaired) electrons. The van der Waals surface area contributed by atoms with Gasteiger partial charge in [0.25, 0.3) is 5.91 Å². The first-order chi connectivity index (χ1) is 16.2. The second kappa shape index (κ2) is 9.32. The molecule has 1 fully saturated rings. The van der Waals surface area contributed by atoms with Gasteiger partial charge in [-0.05, 0) is 53.9 Å². The second-order valence-corrected chi connectivity index (χ2v) is 8.41. The third kappa shape index (κ3) is 4.67. The maximum atomic E-state index is 12.9. The lowest BCUT2D eigenvalue weighted by atomic mass is 10.0. The van der Waals surface area contributed by atoms with E-state index in [9.17, 15) is 9.59 Å². The number of hydrogen-bond donors (Lipinski definition) is 1. The molecular weight excluding hydrogens is 414 g/mol. The number of pyridine rings is 1. The Kier molecular flexibility index (Phi) is 5.93. The second-order valence-electron chi connectivity index (χ2n) is 8.41. The van der Waals surface area contributed by atoms with Crippen LogP contribution in [-0.4, -0.2) is 59.4 Å². The molecule has 0 spiro atoms. The lowest BCUT2D eigenvalue weighted by Crippen LogP contribution is -2.49. The normalized spacial score (nSPS) is 15.7. The highest BCUT2D eigenvalue weighted by Gasteiger charge is 2.23. The molecule has 2 aliphatic heterocycles. The zero-order valence-electron chi connectivity index (χ0n) is 18.5. The molecule has 1 N–H and O–H groups in total. The molecule has 1 aromatic heterocycles. The summed E-state index contributed by atoms with van der Waals surface area (Å²) in [6, 6.07) is 21.2. The van der Waals surface area contributed by atoms with Crippen LogP contribution in [0, 0.1) is 0 Å². The summed E-state index contributed by atoms with van der Waals surface area (Å²) in [6.07, 6.45) is 2.65. The van der Waals surface area contributed by atoms with Crippen LogP contribution in [0.25, 0.3) is 0 Å². The Morgan fingerprint density at radius 1 is 0.758 bits per heavy atom. The third-order valence-corrected chi connectivity index (χ3v) is 6.34. The van der Waals surface area contributed by atoms with Gasteiger partial charge in [0.2, 0.25) is 0 Å². The Balaban J connectivity index is 1.15. The summed E-state index contributed by atoms with van der Waals surface area (Å²) in [5, 5.41) is 2.96. The van der Waals surface area contributed by atoms with E-state index in [0.29, 0.717) is 37.4 Å². The summed E-state index contributed by atoms with van der Waals surface area (Å²) in [6.45, 7) is 4.15. The number of piperazine rings is 1. The monoisotopic (exact) mass is 441 g/mol. The number of benzene rings is 2. The SMILES string of the molecule is O=C(Nc1ccc(C(=O)N2CCN(c3ccccn3)CC2)cc1)N1CCc2ccccc2C1. The number of nitrogens with one attached hydrogen (secondary N) is 1. The number of nitrogens with zero attached hydrogens (tertiary/aromatic N) is 4. The fourth-order valence-corrected chi connectivity index (χ4v) is 4.43. The van der Waals surface area contributed by atoms with Crippen LogP contribution in [0.1, 0.15) is 21.5 Å². The quantitative estimate of drug-likeness (QED) is 0.674. The fourth-order valence-electron chi connectivity index (χ4n) is 4.43. The summed E-state index contributed by atoms with van der Waals surface area (Å²) in [7, 11) is 0. The molecule has 3 heterocycles. The van der Waals surface area contributed by atoms with Gasteiger partial charge < -0.3 is 20.0 Å². The van der Waals surface area contributed by atoms with E-state index in [4.69, 9.17) is 0 Å². The Bertz CT molecular complexity index is 1120. The van der Waals surface area contributed by atoms with Crippen LogP contribution in [0.5, 0.6) is 0 Å². The number of carbonyl (C=O) groups excluding carboxylic acids is 2. The van der Waals surface area contributed by atoms with E-state index in [1.54, 1.807) is 30.5 Å². The van der Waals surface area contributed by atoms with Gasteiger partial charge >= 0.3 is 6.03 Å². The van der Waals surface area contributed by atoms with Crippen molar-refractivity contribution in [1.29, 1.82) is 0 Å². The Morgan fingerprint density at radius 3 is 2.21 bits per heavy atom. The molecule has 0 saturated carbocycles. The average molecular weight is 442 g/mol. The number of carbonyl (C=O) groups is 2. The minimum atomic E-state index is -0.116. The summed E-state index contributed by atoms with van der Waals surface area (Å²) < 4.78 is 0. The molecule has 0 bridgehead atoms. The van der Waals surface area contributed by atoms with Gasteiger partial charge in [0.15, 0.2) is 0 Å². The van der Waals surface area contributed by atoms with E-state index in [-0.39, 0.29) is 11.9 Å². The smallest absolute Gasteiger partial charge is 0.322 e. The van der Waals surface area contributed by atoms with E-state index in [1.165, 1.54) is 11.1 Å². The van der Waals surface area contributed by atoms with Crippen LogP contribution in [0.2, 0.25) is 0 Å². The highest BCUT2D eigenvalue weighted by molar-refractivity contribution is 5.95. The molecule has 2 aliphatic rings. The summed E-state index contributed by atoms with van der Waals surface area (Å²) >= 11 is 0. The maximum absolute atomic E-state index is 12.9. The zero-order valence-corrected chi connectivity index (χ0v) is 18.5. The third-order valence-electron chi connectivity index (χ3n) is 6.34. The predicted molar refractivity (Wildman–Crippen MR) is 128 cm³/mol. The Morgan fingerprint density at radius 2 is 1.48 bits per heavy atom. The zero-order chi connectivity index (χ0) is 22.6. The van der Waals surface area contributed by atoms with E-state index in [0.717, 1.165) is 25.3 Å². The van der Waals surface area contributed by atoms with Crippen molar-refractivity contribution < 1.29 is 9.59 Å². The van der Waals surface area contributed by atoms with Gasteiger partial charge in [-0.2, -0.15) is 0 Å². The lowest BCUT2D eigenvalue weighted by molar-refractivity contribution is 0.0746. The maximum Gasteiger partial charge on any atom is 0.322 e. The van der Waals surface area contributed by atoms with Crippen LogP contribution in [-0.2, 0) is 13.0 Å². The Hall–Kier alpha value is -3.87. The van der Waals surface area contributed by atoms with Crippen molar-refractivity contribution in [3.8, 4) is 0 Å². The van der Waals surface area contributed by atoms with Crippen LogP contribution >= 0.6 is 0 Å². The molecule has 5 rings (SSSR count). The number of urea groups is 1. The molecule has 0 unspecified atom stereocenters. The van der Waals surface area contributed by atoms with Gasteiger partial charge in [-0.1, -0.05) is 30.3 Å². The first-order valence-electron chi connectivity index (χ1n) is 11.4. The number of rotatable bonds is 3. The van der Waals surface area contributed by atoms with Crippen LogP contribution in [0.3, 0.4) is 0 Å². The van der Waals surface area contributed by atoms with Crippen molar-refractivity contribution >= 4 is 23.4 Å². The summed E-state index contributed by atoms with van der Waals surface area (Å²) in [5.74, 6) is 0.961. The van der Waals surface area contributed by atoms with Crippen molar-refractivity contribution in [3.05, 3.63) is 89.6 Å². The molecule has 3 aromatic rings. The van der Waals surface area contributed by atoms with E-state index < -0.39 is 0 Å². The van der Waals surface area contributed by atoms with Gasteiger partial charge in [0.1, 0.15) is 5.82 Å². The minimum Gasteiger partial charge on any atom is -0.353 e. The van der Waals surface area contributed by atoms with Crippen molar-refractivity contribution in [3.63, 3.8) is 0 Å². The van der Waals surface area contributed by atoms with E-state index >= 15 is 0 Å². The topological polar surface area (TPSA) is 68.8 Å². The molecule has 168 valence electrons. The number of anilines is 2. The van der Waals surface area contributed by atoms with Gasteiger partial charge in [0.05, 0.1) is 0 Å². The molecular formula is C26H27N5O2. The van der Waals surface area contributed by atoms with Crippen LogP contribution in [0.15, 0.2) is 72.9 Å². The lowest BCUT2D eigenvalue weighted by Gasteiger charge is -2.35. The van der Waals surface area contributed by atoms with Gasteiger partial charge in [0, 0.05) is 56.7 Å². The number of fused-ring (bicyclic) bond motifs is 1.